The van der Waals surface area contributed by atoms with E-state index in [0.29, 0.717) is 23.5 Å². The Kier molecular flexibility index (Phi) is 4.64. The molecule has 1 saturated carbocycles. The SMILES string of the molecule is CC(C)(C)CC(NC1CCC(N)C1)c1ccccc1. The summed E-state index contributed by atoms with van der Waals surface area (Å²) in [5.41, 5.74) is 7.76. The Balaban J connectivity index is 2.06. The Bertz CT molecular complexity index is 380. The molecule has 0 saturated heterocycles. The molecule has 2 heteroatoms. The van der Waals surface area contributed by atoms with Crippen LogP contribution in [0.5, 0.6) is 0 Å². The summed E-state index contributed by atoms with van der Waals surface area (Å²) in [6, 6.07) is 12.2. The monoisotopic (exact) mass is 260 g/mol. The summed E-state index contributed by atoms with van der Waals surface area (Å²) in [4.78, 5) is 0. The van der Waals surface area contributed by atoms with Gasteiger partial charge in [-0.05, 0) is 36.7 Å². The molecular weight excluding hydrogens is 232 g/mol. The molecule has 2 nitrogen and oxygen atoms in total. The van der Waals surface area contributed by atoms with Gasteiger partial charge in [-0.25, -0.2) is 0 Å². The van der Waals surface area contributed by atoms with Gasteiger partial charge in [-0.2, -0.15) is 0 Å². The van der Waals surface area contributed by atoms with Crippen molar-refractivity contribution in [3.05, 3.63) is 35.9 Å². The van der Waals surface area contributed by atoms with Crippen LogP contribution in [0.25, 0.3) is 0 Å². The summed E-state index contributed by atoms with van der Waals surface area (Å²) in [5, 5.41) is 3.84. The Morgan fingerprint density at radius 3 is 2.42 bits per heavy atom. The Hall–Kier alpha value is -0.860. The van der Waals surface area contributed by atoms with Gasteiger partial charge < -0.3 is 11.1 Å². The maximum atomic E-state index is 6.03. The average molecular weight is 260 g/mol. The van der Waals surface area contributed by atoms with Crippen molar-refractivity contribution in [3.8, 4) is 0 Å². The molecule has 0 amide bonds. The third kappa shape index (κ3) is 4.63. The minimum absolute atomic E-state index is 0.328. The third-order valence-corrected chi connectivity index (χ3v) is 3.93. The second-order valence-electron chi connectivity index (χ2n) is 7.16. The summed E-state index contributed by atoms with van der Waals surface area (Å²) in [7, 11) is 0. The minimum atomic E-state index is 0.328. The smallest absolute Gasteiger partial charge is 0.0327 e. The normalized spacial score (nSPS) is 25.5. The molecule has 0 aromatic heterocycles. The van der Waals surface area contributed by atoms with Gasteiger partial charge in [-0.15, -0.1) is 0 Å². The van der Waals surface area contributed by atoms with Gasteiger partial charge >= 0.3 is 0 Å². The number of rotatable bonds is 4. The fourth-order valence-electron chi connectivity index (χ4n) is 3.02. The Morgan fingerprint density at radius 2 is 1.89 bits per heavy atom. The van der Waals surface area contributed by atoms with Crippen molar-refractivity contribution in [1.29, 1.82) is 0 Å². The van der Waals surface area contributed by atoms with Crippen LogP contribution >= 0.6 is 0 Å². The molecule has 1 aliphatic rings. The fraction of sp³-hybridized carbons (Fsp3) is 0.647. The molecule has 0 aliphatic heterocycles. The van der Waals surface area contributed by atoms with E-state index in [0.717, 1.165) is 19.3 Å². The number of nitrogens with two attached hydrogens (primary N) is 1. The first-order chi connectivity index (χ1) is 8.94. The zero-order valence-corrected chi connectivity index (χ0v) is 12.5. The largest absolute Gasteiger partial charge is 0.328 e. The molecule has 1 aliphatic carbocycles. The first-order valence-electron chi connectivity index (χ1n) is 7.50. The summed E-state index contributed by atoms with van der Waals surface area (Å²) in [5.74, 6) is 0. The molecule has 0 bridgehead atoms. The van der Waals surface area contributed by atoms with Crippen LogP contribution in [0.2, 0.25) is 0 Å². The molecule has 106 valence electrons. The lowest BCUT2D eigenvalue weighted by molar-refractivity contribution is 0.292. The zero-order valence-electron chi connectivity index (χ0n) is 12.5. The lowest BCUT2D eigenvalue weighted by Crippen LogP contribution is -2.34. The van der Waals surface area contributed by atoms with Gasteiger partial charge in [0.05, 0.1) is 0 Å². The molecule has 3 unspecified atom stereocenters. The predicted octanol–water partition coefficient (Wildman–Crippen LogP) is 3.63. The van der Waals surface area contributed by atoms with Gasteiger partial charge in [-0.3, -0.25) is 0 Å². The van der Waals surface area contributed by atoms with Crippen molar-refractivity contribution in [3.63, 3.8) is 0 Å². The Morgan fingerprint density at radius 1 is 1.21 bits per heavy atom. The first-order valence-corrected chi connectivity index (χ1v) is 7.50. The molecule has 19 heavy (non-hydrogen) atoms. The third-order valence-electron chi connectivity index (χ3n) is 3.93. The predicted molar refractivity (Wildman–Crippen MR) is 82.0 cm³/mol. The lowest BCUT2D eigenvalue weighted by Gasteiger charge is -2.30. The van der Waals surface area contributed by atoms with Crippen molar-refractivity contribution in [2.75, 3.05) is 0 Å². The van der Waals surface area contributed by atoms with E-state index in [2.05, 4.69) is 56.4 Å². The van der Waals surface area contributed by atoms with E-state index in [1.54, 1.807) is 0 Å². The summed E-state index contributed by atoms with van der Waals surface area (Å²) in [6.45, 7) is 6.93. The summed E-state index contributed by atoms with van der Waals surface area (Å²) >= 11 is 0. The van der Waals surface area contributed by atoms with Crippen LogP contribution in [-0.2, 0) is 0 Å². The maximum Gasteiger partial charge on any atom is 0.0327 e. The molecule has 1 aromatic rings. The zero-order chi connectivity index (χ0) is 13.9. The lowest BCUT2D eigenvalue weighted by atomic mass is 9.85. The highest BCUT2D eigenvalue weighted by Gasteiger charge is 2.27. The van der Waals surface area contributed by atoms with Crippen LogP contribution < -0.4 is 11.1 Å². The van der Waals surface area contributed by atoms with Crippen LogP contribution in [0, 0.1) is 5.41 Å². The van der Waals surface area contributed by atoms with Gasteiger partial charge in [0, 0.05) is 18.1 Å². The Labute approximate surface area is 117 Å². The highest BCUT2D eigenvalue weighted by molar-refractivity contribution is 5.19. The van der Waals surface area contributed by atoms with Crippen molar-refractivity contribution in [1.82, 2.24) is 5.32 Å². The number of hydrogen-bond acceptors (Lipinski definition) is 2. The summed E-state index contributed by atoms with van der Waals surface area (Å²) < 4.78 is 0. The molecule has 0 heterocycles. The quantitative estimate of drug-likeness (QED) is 0.867. The van der Waals surface area contributed by atoms with Gasteiger partial charge in [0.2, 0.25) is 0 Å². The molecule has 0 spiro atoms. The standard InChI is InChI=1S/C17H28N2/c1-17(2,3)12-16(13-7-5-4-6-8-13)19-15-10-9-14(18)11-15/h4-8,14-16,19H,9-12,18H2,1-3H3. The maximum absolute atomic E-state index is 6.03. The van der Waals surface area contributed by atoms with Crippen LogP contribution in [-0.4, -0.2) is 12.1 Å². The second kappa shape index (κ2) is 6.06. The fourth-order valence-corrected chi connectivity index (χ4v) is 3.02. The van der Waals surface area contributed by atoms with E-state index in [4.69, 9.17) is 5.73 Å². The van der Waals surface area contributed by atoms with Gasteiger partial charge in [-0.1, -0.05) is 51.1 Å². The molecule has 1 aromatic carbocycles. The molecule has 1 fully saturated rings. The van der Waals surface area contributed by atoms with Crippen LogP contribution in [0.4, 0.5) is 0 Å². The van der Waals surface area contributed by atoms with Crippen molar-refractivity contribution < 1.29 is 0 Å². The van der Waals surface area contributed by atoms with Crippen LogP contribution in [0.3, 0.4) is 0 Å². The van der Waals surface area contributed by atoms with Crippen LogP contribution in [0.15, 0.2) is 30.3 Å². The van der Waals surface area contributed by atoms with E-state index in [1.807, 2.05) is 0 Å². The van der Waals surface area contributed by atoms with Crippen molar-refractivity contribution in [2.45, 2.75) is 64.6 Å². The molecular formula is C17H28N2. The second-order valence-corrected chi connectivity index (χ2v) is 7.16. The minimum Gasteiger partial charge on any atom is -0.328 e. The van der Waals surface area contributed by atoms with Crippen molar-refractivity contribution in [2.24, 2.45) is 11.1 Å². The molecule has 3 N–H and O–H groups in total. The topological polar surface area (TPSA) is 38.0 Å². The first kappa shape index (κ1) is 14.5. The van der Waals surface area contributed by atoms with Gasteiger partial charge in [0.1, 0.15) is 0 Å². The van der Waals surface area contributed by atoms with E-state index in [1.165, 1.54) is 12.0 Å². The van der Waals surface area contributed by atoms with Gasteiger partial charge in [0.25, 0.3) is 0 Å². The van der Waals surface area contributed by atoms with Gasteiger partial charge in [0.15, 0.2) is 0 Å². The highest BCUT2D eigenvalue weighted by atomic mass is 15.0. The van der Waals surface area contributed by atoms with E-state index < -0.39 is 0 Å². The number of hydrogen-bond donors (Lipinski definition) is 2. The van der Waals surface area contributed by atoms with E-state index in [9.17, 15) is 0 Å². The number of benzene rings is 1. The van der Waals surface area contributed by atoms with Crippen molar-refractivity contribution >= 4 is 0 Å². The molecule has 2 rings (SSSR count). The van der Waals surface area contributed by atoms with Crippen LogP contribution in [0.1, 0.15) is 58.1 Å². The van der Waals surface area contributed by atoms with E-state index >= 15 is 0 Å². The highest BCUT2D eigenvalue weighted by Crippen LogP contribution is 2.31. The average Bonchev–Trinajstić information content (AvgIpc) is 2.73. The van der Waals surface area contributed by atoms with E-state index in [-0.39, 0.29) is 0 Å². The molecule has 0 radical (unpaired) electrons. The number of nitrogens with one attached hydrogen (secondary N) is 1. The molecule has 3 atom stereocenters. The summed E-state index contributed by atoms with van der Waals surface area (Å²) in [6.07, 6.45) is 4.65.